The summed E-state index contributed by atoms with van der Waals surface area (Å²) in [4.78, 5) is 24.5. The molecule has 0 saturated carbocycles. The summed E-state index contributed by atoms with van der Waals surface area (Å²) >= 11 is 0. The molecule has 32 heavy (non-hydrogen) atoms. The number of amides is 2. The van der Waals surface area contributed by atoms with Crippen LogP contribution in [-0.2, 0) is 17.9 Å². The highest BCUT2D eigenvalue weighted by atomic mass is 16.5. The van der Waals surface area contributed by atoms with Crippen LogP contribution in [0.3, 0.4) is 0 Å². The fraction of sp³-hybridized carbons (Fsp3) is 0.130. The highest BCUT2D eigenvalue weighted by Crippen LogP contribution is 2.16. The Bertz CT molecular complexity index is 1220. The fourth-order valence-electron chi connectivity index (χ4n) is 3.06. The first kappa shape index (κ1) is 20.9. The Morgan fingerprint density at radius 2 is 1.84 bits per heavy atom. The van der Waals surface area contributed by atoms with Gasteiger partial charge < -0.3 is 15.4 Å². The number of carbonyl (C=O) groups is 2. The van der Waals surface area contributed by atoms with Gasteiger partial charge in [0, 0.05) is 36.1 Å². The zero-order valence-corrected chi connectivity index (χ0v) is 17.4. The summed E-state index contributed by atoms with van der Waals surface area (Å²) < 4.78 is 8.42. The van der Waals surface area contributed by atoms with Crippen LogP contribution in [0.1, 0.15) is 15.9 Å². The molecule has 0 radical (unpaired) electrons. The van der Waals surface area contributed by atoms with Gasteiger partial charge in [-0.05, 0) is 24.3 Å². The summed E-state index contributed by atoms with van der Waals surface area (Å²) in [6, 6.07) is 16.4. The first-order valence-electron chi connectivity index (χ1n) is 9.94. The monoisotopic (exact) mass is 430 g/mol. The number of carbonyl (C=O) groups excluding carboxylic acids is 2. The molecular weight excluding hydrogens is 408 g/mol. The fourth-order valence-corrected chi connectivity index (χ4v) is 3.06. The second kappa shape index (κ2) is 9.61. The lowest BCUT2D eigenvalue weighted by Gasteiger charge is -2.05. The maximum Gasteiger partial charge on any atom is 0.255 e. The van der Waals surface area contributed by atoms with Crippen LogP contribution in [0, 0.1) is 0 Å². The van der Waals surface area contributed by atoms with E-state index in [2.05, 4.69) is 20.8 Å². The van der Waals surface area contributed by atoms with Crippen molar-refractivity contribution in [3.05, 3.63) is 90.5 Å². The van der Waals surface area contributed by atoms with Gasteiger partial charge >= 0.3 is 0 Å². The average molecular weight is 430 g/mol. The van der Waals surface area contributed by atoms with Crippen molar-refractivity contribution >= 4 is 17.5 Å². The van der Waals surface area contributed by atoms with E-state index in [0.29, 0.717) is 17.8 Å². The molecule has 0 bridgehead atoms. The SMILES string of the molecule is COc1cccc(-n2cc(CNC(=O)Cn3cc(NC(=O)c4ccccc4)cn3)cn2)c1. The molecule has 2 heterocycles. The summed E-state index contributed by atoms with van der Waals surface area (Å²) in [6.07, 6.45) is 6.67. The van der Waals surface area contributed by atoms with E-state index in [9.17, 15) is 9.59 Å². The van der Waals surface area contributed by atoms with E-state index in [4.69, 9.17) is 4.74 Å². The van der Waals surface area contributed by atoms with E-state index < -0.39 is 0 Å². The predicted molar refractivity (Wildman–Crippen MR) is 119 cm³/mol. The minimum absolute atomic E-state index is 0.0330. The van der Waals surface area contributed by atoms with Crippen LogP contribution in [0.25, 0.3) is 5.69 Å². The van der Waals surface area contributed by atoms with Gasteiger partial charge in [0.1, 0.15) is 12.3 Å². The summed E-state index contributed by atoms with van der Waals surface area (Å²) in [5.74, 6) is 0.303. The summed E-state index contributed by atoms with van der Waals surface area (Å²) in [7, 11) is 1.61. The number of nitrogens with one attached hydrogen (secondary N) is 2. The maximum atomic E-state index is 12.3. The Hall–Kier alpha value is -4.40. The molecule has 0 aliphatic rings. The van der Waals surface area contributed by atoms with Crippen LogP contribution in [-0.4, -0.2) is 38.5 Å². The lowest BCUT2D eigenvalue weighted by atomic mass is 10.2. The van der Waals surface area contributed by atoms with Crippen LogP contribution < -0.4 is 15.4 Å². The molecule has 0 aliphatic heterocycles. The highest BCUT2D eigenvalue weighted by Gasteiger charge is 2.09. The zero-order chi connectivity index (χ0) is 22.3. The zero-order valence-electron chi connectivity index (χ0n) is 17.4. The molecule has 0 spiro atoms. The highest BCUT2D eigenvalue weighted by molar-refractivity contribution is 6.04. The summed E-state index contributed by atoms with van der Waals surface area (Å²) in [5.41, 5.74) is 2.79. The number of anilines is 1. The summed E-state index contributed by atoms with van der Waals surface area (Å²) in [5, 5.41) is 14.1. The normalized spacial score (nSPS) is 10.5. The van der Waals surface area contributed by atoms with Crippen LogP contribution in [0.15, 0.2) is 79.4 Å². The first-order chi connectivity index (χ1) is 15.6. The van der Waals surface area contributed by atoms with Gasteiger partial charge in [0.2, 0.25) is 5.91 Å². The van der Waals surface area contributed by atoms with Crippen molar-refractivity contribution in [3.63, 3.8) is 0 Å². The molecule has 162 valence electrons. The van der Waals surface area contributed by atoms with Gasteiger partial charge in [-0.3, -0.25) is 14.3 Å². The minimum Gasteiger partial charge on any atom is -0.497 e. The standard InChI is InChI=1S/C23H22N6O3/c1-32-21-9-5-8-20(10-21)29-14-17(12-26-29)11-24-22(30)16-28-15-19(13-25-28)27-23(31)18-6-3-2-4-7-18/h2-10,12-15H,11,16H2,1H3,(H,24,30)(H,27,31). The maximum absolute atomic E-state index is 12.3. The number of benzene rings is 2. The van der Waals surface area contributed by atoms with E-state index >= 15 is 0 Å². The van der Waals surface area contributed by atoms with Gasteiger partial charge in [0.15, 0.2) is 0 Å². The van der Waals surface area contributed by atoms with Gasteiger partial charge in [0.05, 0.1) is 30.9 Å². The van der Waals surface area contributed by atoms with Crippen LogP contribution >= 0.6 is 0 Å². The molecule has 9 heteroatoms. The third-order valence-electron chi connectivity index (χ3n) is 4.68. The van der Waals surface area contributed by atoms with Crippen LogP contribution in [0.2, 0.25) is 0 Å². The lowest BCUT2D eigenvalue weighted by Crippen LogP contribution is -2.27. The lowest BCUT2D eigenvalue weighted by molar-refractivity contribution is -0.122. The van der Waals surface area contributed by atoms with E-state index in [1.807, 2.05) is 36.5 Å². The average Bonchev–Trinajstić information content (AvgIpc) is 3.48. The molecule has 2 amide bonds. The molecular formula is C23H22N6O3. The number of methoxy groups -OCH3 is 1. The molecule has 0 unspecified atom stereocenters. The number of ether oxygens (including phenoxy) is 1. The molecule has 9 nitrogen and oxygen atoms in total. The predicted octanol–water partition coefficient (Wildman–Crippen LogP) is 2.65. The Morgan fingerprint density at radius 1 is 1.00 bits per heavy atom. The second-order valence-electron chi connectivity index (χ2n) is 7.02. The Labute approximate surface area is 184 Å². The third-order valence-corrected chi connectivity index (χ3v) is 4.68. The van der Waals surface area contributed by atoms with Crippen molar-refractivity contribution in [1.29, 1.82) is 0 Å². The molecule has 0 fully saturated rings. The number of hydrogen-bond donors (Lipinski definition) is 2. The van der Waals surface area contributed by atoms with E-state index in [0.717, 1.165) is 17.0 Å². The van der Waals surface area contributed by atoms with E-state index in [1.54, 1.807) is 48.5 Å². The molecule has 2 N–H and O–H groups in total. The topological polar surface area (TPSA) is 103 Å². The van der Waals surface area contributed by atoms with Gasteiger partial charge in [-0.15, -0.1) is 0 Å². The quantitative estimate of drug-likeness (QED) is 0.447. The largest absolute Gasteiger partial charge is 0.497 e. The van der Waals surface area contributed by atoms with E-state index in [1.165, 1.54) is 10.9 Å². The Kier molecular flexibility index (Phi) is 6.26. The molecule has 0 saturated heterocycles. The first-order valence-corrected chi connectivity index (χ1v) is 9.94. The third kappa shape index (κ3) is 5.20. The molecule has 2 aromatic heterocycles. The number of rotatable bonds is 8. The van der Waals surface area contributed by atoms with Crippen molar-refractivity contribution in [1.82, 2.24) is 24.9 Å². The van der Waals surface area contributed by atoms with Crippen LogP contribution in [0.5, 0.6) is 5.75 Å². The van der Waals surface area contributed by atoms with Crippen LogP contribution in [0.4, 0.5) is 5.69 Å². The van der Waals surface area contributed by atoms with Crippen molar-refractivity contribution in [2.24, 2.45) is 0 Å². The van der Waals surface area contributed by atoms with Crippen molar-refractivity contribution < 1.29 is 14.3 Å². The van der Waals surface area contributed by atoms with Gasteiger partial charge in [-0.2, -0.15) is 10.2 Å². The second-order valence-corrected chi connectivity index (χ2v) is 7.02. The smallest absolute Gasteiger partial charge is 0.255 e. The minimum atomic E-state index is -0.234. The molecule has 0 atom stereocenters. The van der Waals surface area contributed by atoms with E-state index in [-0.39, 0.29) is 18.4 Å². The van der Waals surface area contributed by atoms with Gasteiger partial charge in [-0.1, -0.05) is 24.3 Å². The molecule has 2 aromatic carbocycles. The van der Waals surface area contributed by atoms with Gasteiger partial charge in [0.25, 0.3) is 5.91 Å². The molecule has 0 aliphatic carbocycles. The summed E-state index contributed by atoms with van der Waals surface area (Å²) in [6.45, 7) is 0.368. The Balaban J connectivity index is 1.28. The number of hydrogen-bond acceptors (Lipinski definition) is 5. The van der Waals surface area contributed by atoms with Gasteiger partial charge in [-0.25, -0.2) is 4.68 Å². The number of aromatic nitrogens is 4. The molecule has 4 aromatic rings. The Morgan fingerprint density at radius 3 is 2.66 bits per heavy atom. The van der Waals surface area contributed by atoms with Crippen molar-refractivity contribution in [3.8, 4) is 11.4 Å². The molecule has 4 rings (SSSR count). The van der Waals surface area contributed by atoms with Crippen molar-refractivity contribution in [2.75, 3.05) is 12.4 Å². The van der Waals surface area contributed by atoms with Crippen molar-refractivity contribution in [2.45, 2.75) is 13.1 Å². The number of nitrogens with zero attached hydrogens (tertiary/aromatic N) is 4.